The van der Waals surface area contributed by atoms with Gasteiger partial charge in [-0.2, -0.15) is 0 Å². The molecule has 18 heavy (non-hydrogen) atoms. The molecule has 0 N–H and O–H groups in total. The van der Waals surface area contributed by atoms with E-state index in [1.807, 2.05) is 6.92 Å². The number of nitrogens with zero attached hydrogens (tertiary/aromatic N) is 1. The summed E-state index contributed by atoms with van der Waals surface area (Å²) in [6.07, 6.45) is 3.50. The van der Waals surface area contributed by atoms with E-state index in [9.17, 15) is 8.78 Å². The van der Waals surface area contributed by atoms with E-state index in [0.29, 0.717) is 5.92 Å². The van der Waals surface area contributed by atoms with E-state index in [-0.39, 0.29) is 11.6 Å². The minimum absolute atomic E-state index is 0.180. The molecule has 0 unspecified atom stereocenters. The maximum atomic E-state index is 13.8. The van der Waals surface area contributed by atoms with Crippen molar-refractivity contribution in [2.45, 2.75) is 39.2 Å². The fraction of sp³-hybridized carbons (Fsp3) is 0.600. The molecule has 0 saturated carbocycles. The van der Waals surface area contributed by atoms with Crippen molar-refractivity contribution >= 4 is 0 Å². The fourth-order valence-corrected chi connectivity index (χ4v) is 2.87. The third-order valence-electron chi connectivity index (χ3n) is 4.09. The SMILES string of the molecule is CC[C@@H]1CCCN([C@@H](C)c2c(F)cccc2F)C1. The van der Waals surface area contributed by atoms with Crippen LogP contribution >= 0.6 is 0 Å². The Balaban J connectivity index is 2.17. The third kappa shape index (κ3) is 2.72. The maximum Gasteiger partial charge on any atom is 0.130 e. The molecule has 1 saturated heterocycles. The van der Waals surface area contributed by atoms with Crippen molar-refractivity contribution in [3.05, 3.63) is 35.4 Å². The van der Waals surface area contributed by atoms with Crippen LogP contribution in [0.1, 0.15) is 44.7 Å². The average Bonchev–Trinajstić information content (AvgIpc) is 2.38. The van der Waals surface area contributed by atoms with Crippen molar-refractivity contribution in [1.29, 1.82) is 0 Å². The number of benzene rings is 1. The lowest BCUT2D eigenvalue weighted by Crippen LogP contribution is -2.37. The second-order valence-corrected chi connectivity index (χ2v) is 5.22. The summed E-state index contributed by atoms with van der Waals surface area (Å²) in [5.41, 5.74) is 0.217. The molecule has 100 valence electrons. The van der Waals surface area contributed by atoms with E-state index in [1.54, 1.807) is 0 Å². The highest BCUT2D eigenvalue weighted by Gasteiger charge is 2.26. The highest BCUT2D eigenvalue weighted by Crippen LogP contribution is 2.30. The monoisotopic (exact) mass is 253 g/mol. The molecule has 0 spiro atoms. The maximum absolute atomic E-state index is 13.8. The van der Waals surface area contributed by atoms with Crippen molar-refractivity contribution < 1.29 is 8.78 Å². The minimum Gasteiger partial charge on any atom is -0.296 e. The first-order valence-electron chi connectivity index (χ1n) is 6.81. The number of hydrogen-bond donors (Lipinski definition) is 0. The fourth-order valence-electron chi connectivity index (χ4n) is 2.87. The number of piperidine rings is 1. The van der Waals surface area contributed by atoms with Gasteiger partial charge in [0.1, 0.15) is 11.6 Å². The van der Waals surface area contributed by atoms with Gasteiger partial charge in [-0.15, -0.1) is 0 Å². The molecule has 2 atom stereocenters. The first-order chi connectivity index (χ1) is 8.63. The van der Waals surface area contributed by atoms with Crippen LogP contribution in [-0.2, 0) is 0 Å². The summed E-state index contributed by atoms with van der Waals surface area (Å²) in [7, 11) is 0. The Hall–Kier alpha value is -0.960. The van der Waals surface area contributed by atoms with Crippen LogP contribution < -0.4 is 0 Å². The van der Waals surface area contributed by atoms with Gasteiger partial charge in [-0.1, -0.05) is 19.4 Å². The van der Waals surface area contributed by atoms with E-state index >= 15 is 0 Å². The second kappa shape index (κ2) is 5.79. The Morgan fingerprint density at radius 1 is 1.33 bits per heavy atom. The molecule has 1 aliphatic heterocycles. The topological polar surface area (TPSA) is 3.24 Å². The molecule has 0 aliphatic carbocycles. The molecule has 2 rings (SSSR count). The normalized spacial score (nSPS) is 23.0. The second-order valence-electron chi connectivity index (χ2n) is 5.22. The molecular formula is C15H21F2N. The smallest absolute Gasteiger partial charge is 0.130 e. The van der Waals surface area contributed by atoms with Gasteiger partial charge < -0.3 is 0 Å². The molecule has 0 aromatic heterocycles. The third-order valence-corrected chi connectivity index (χ3v) is 4.09. The molecule has 1 fully saturated rings. The average molecular weight is 253 g/mol. The number of halogens is 2. The van der Waals surface area contributed by atoms with Crippen LogP contribution in [0.5, 0.6) is 0 Å². The number of rotatable bonds is 3. The molecule has 1 aliphatic rings. The van der Waals surface area contributed by atoms with Gasteiger partial charge in [-0.05, 0) is 44.4 Å². The summed E-state index contributed by atoms with van der Waals surface area (Å²) in [5.74, 6) is -0.196. The number of likely N-dealkylation sites (tertiary alicyclic amines) is 1. The Morgan fingerprint density at radius 3 is 2.61 bits per heavy atom. The van der Waals surface area contributed by atoms with E-state index in [0.717, 1.165) is 25.9 Å². The summed E-state index contributed by atoms with van der Waals surface area (Å²) in [5, 5.41) is 0. The number of hydrogen-bond acceptors (Lipinski definition) is 1. The van der Waals surface area contributed by atoms with Crippen LogP contribution in [-0.4, -0.2) is 18.0 Å². The van der Waals surface area contributed by atoms with Crippen LogP contribution in [0.2, 0.25) is 0 Å². The molecule has 3 heteroatoms. The lowest BCUT2D eigenvalue weighted by molar-refractivity contribution is 0.125. The first kappa shape index (κ1) is 13.5. The van der Waals surface area contributed by atoms with E-state index in [1.165, 1.54) is 24.6 Å². The zero-order valence-electron chi connectivity index (χ0n) is 11.1. The van der Waals surface area contributed by atoms with Crippen LogP contribution in [0.15, 0.2) is 18.2 Å². The zero-order chi connectivity index (χ0) is 13.1. The molecule has 1 aromatic rings. The van der Waals surface area contributed by atoms with E-state index < -0.39 is 11.6 Å². The molecule has 0 radical (unpaired) electrons. The zero-order valence-corrected chi connectivity index (χ0v) is 11.1. The quantitative estimate of drug-likeness (QED) is 0.782. The van der Waals surface area contributed by atoms with Crippen molar-refractivity contribution in [3.8, 4) is 0 Å². The Morgan fingerprint density at radius 2 is 2.00 bits per heavy atom. The molecule has 1 heterocycles. The first-order valence-corrected chi connectivity index (χ1v) is 6.81. The van der Waals surface area contributed by atoms with Crippen molar-refractivity contribution in [1.82, 2.24) is 4.90 Å². The van der Waals surface area contributed by atoms with Crippen LogP contribution in [0.25, 0.3) is 0 Å². The highest BCUT2D eigenvalue weighted by molar-refractivity contribution is 5.23. The van der Waals surface area contributed by atoms with Gasteiger partial charge in [-0.25, -0.2) is 8.78 Å². The van der Waals surface area contributed by atoms with Gasteiger partial charge >= 0.3 is 0 Å². The van der Waals surface area contributed by atoms with Gasteiger partial charge in [0.05, 0.1) is 0 Å². The Labute approximate surface area is 108 Å². The van der Waals surface area contributed by atoms with Gasteiger partial charge in [0.25, 0.3) is 0 Å². The van der Waals surface area contributed by atoms with Crippen molar-refractivity contribution in [3.63, 3.8) is 0 Å². The van der Waals surface area contributed by atoms with Crippen LogP contribution in [0, 0.1) is 17.6 Å². The predicted octanol–water partition coefficient (Wildman–Crippen LogP) is 4.15. The van der Waals surface area contributed by atoms with Crippen molar-refractivity contribution in [2.75, 3.05) is 13.1 Å². The minimum atomic E-state index is -0.430. The summed E-state index contributed by atoms with van der Waals surface area (Å²) in [4.78, 5) is 2.21. The summed E-state index contributed by atoms with van der Waals surface area (Å²) >= 11 is 0. The van der Waals surface area contributed by atoms with Gasteiger partial charge in [-0.3, -0.25) is 4.90 Å². The van der Waals surface area contributed by atoms with E-state index in [4.69, 9.17) is 0 Å². The highest BCUT2D eigenvalue weighted by atomic mass is 19.1. The molecule has 1 nitrogen and oxygen atoms in total. The lowest BCUT2D eigenvalue weighted by atomic mass is 9.93. The summed E-state index contributed by atoms with van der Waals surface area (Å²) < 4.78 is 27.5. The van der Waals surface area contributed by atoms with E-state index in [2.05, 4.69) is 11.8 Å². The van der Waals surface area contributed by atoms with Gasteiger partial charge in [0.15, 0.2) is 0 Å². The van der Waals surface area contributed by atoms with Gasteiger partial charge in [0.2, 0.25) is 0 Å². The lowest BCUT2D eigenvalue weighted by Gasteiger charge is -2.36. The standard InChI is InChI=1S/C15H21F2N/c1-3-12-6-5-9-18(10-12)11(2)15-13(16)7-4-8-14(15)17/h4,7-8,11-12H,3,5-6,9-10H2,1-2H3/t11-,12+/m0/s1. The van der Waals surface area contributed by atoms with Crippen LogP contribution in [0.4, 0.5) is 8.78 Å². The molecule has 0 amide bonds. The van der Waals surface area contributed by atoms with Crippen molar-refractivity contribution in [2.24, 2.45) is 5.92 Å². The Bertz CT molecular complexity index is 385. The Kier molecular flexibility index (Phi) is 4.33. The molecular weight excluding hydrogens is 232 g/mol. The largest absolute Gasteiger partial charge is 0.296 e. The van der Waals surface area contributed by atoms with Crippen LogP contribution in [0.3, 0.4) is 0 Å². The summed E-state index contributed by atoms with van der Waals surface area (Å²) in [6, 6.07) is 3.93. The predicted molar refractivity (Wildman–Crippen MR) is 69.4 cm³/mol. The molecule has 0 bridgehead atoms. The summed E-state index contributed by atoms with van der Waals surface area (Å²) in [6.45, 7) is 5.97. The van der Waals surface area contributed by atoms with Gasteiger partial charge in [0, 0.05) is 18.2 Å². The molecule has 1 aromatic carbocycles.